The molecule has 0 saturated heterocycles. The Hall–Kier alpha value is -0.560. The van der Waals surface area contributed by atoms with Crippen LogP contribution in [0, 0.1) is 6.07 Å². The molecule has 70 valence electrons. The number of sulfonamides is 1. The third-order valence-electron chi connectivity index (χ3n) is 1.49. The molecular formula is C8H16NO2S+. The second kappa shape index (κ2) is 6.01. The Bertz CT molecular complexity index is 259. The maximum Gasteiger partial charge on any atom is 0.478 e. The van der Waals surface area contributed by atoms with Crippen LogP contribution in [0.1, 0.15) is 39.5 Å². The van der Waals surface area contributed by atoms with Crippen LogP contribution in [0.4, 0.5) is 0 Å². The van der Waals surface area contributed by atoms with Gasteiger partial charge >= 0.3 is 10.0 Å². The predicted octanol–water partition coefficient (Wildman–Crippen LogP) is 2.25. The van der Waals surface area contributed by atoms with Crippen molar-refractivity contribution in [3.63, 3.8) is 0 Å². The van der Waals surface area contributed by atoms with Crippen LogP contribution < -0.4 is 0 Å². The molecule has 0 aliphatic rings. The summed E-state index contributed by atoms with van der Waals surface area (Å²) < 4.78 is 25.2. The molecule has 0 radical (unpaired) electrons. The molecule has 0 rings (SSSR count). The Morgan fingerprint density at radius 1 is 1.25 bits per heavy atom. The Morgan fingerprint density at radius 3 is 2.42 bits per heavy atom. The Kier molecular flexibility index (Phi) is 5.73. The summed E-state index contributed by atoms with van der Waals surface area (Å²) in [6, 6.07) is 2.29. The van der Waals surface area contributed by atoms with Crippen LogP contribution in [0.5, 0.6) is 0 Å². The van der Waals surface area contributed by atoms with Gasteiger partial charge in [-0.3, -0.25) is 0 Å². The fourth-order valence-corrected chi connectivity index (χ4v) is 1.83. The number of nitrogens with zero attached hydrogens (tertiary/aromatic N) is 1. The second-order valence-corrected chi connectivity index (χ2v) is 4.42. The SMILES string of the molecule is CC#[N+]S(=O)(=O)CCCCCC. The maximum atomic E-state index is 11.0. The van der Waals surface area contributed by atoms with Gasteiger partial charge in [-0.05, 0) is 6.42 Å². The minimum atomic E-state index is -3.20. The van der Waals surface area contributed by atoms with Crippen molar-refractivity contribution in [3.8, 4) is 6.07 Å². The lowest BCUT2D eigenvalue weighted by atomic mass is 10.2. The van der Waals surface area contributed by atoms with Gasteiger partial charge in [0.05, 0.1) is 11.2 Å². The fourth-order valence-electron chi connectivity index (χ4n) is 0.896. The lowest BCUT2D eigenvalue weighted by molar-refractivity contribution is 0.597. The first-order valence-electron chi connectivity index (χ1n) is 4.24. The van der Waals surface area contributed by atoms with E-state index < -0.39 is 10.0 Å². The molecule has 0 heterocycles. The average molecular weight is 190 g/mol. The van der Waals surface area contributed by atoms with Crippen molar-refractivity contribution in [2.24, 2.45) is 0 Å². The van der Waals surface area contributed by atoms with E-state index in [1.165, 1.54) is 6.92 Å². The first-order valence-corrected chi connectivity index (χ1v) is 5.84. The first-order chi connectivity index (χ1) is 5.62. The number of hydrogen-bond acceptors (Lipinski definition) is 2. The molecule has 0 aliphatic heterocycles. The average Bonchev–Trinajstić information content (AvgIpc) is 1.98. The third-order valence-corrected chi connectivity index (χ3v) is 2.75. The molecule has 0 aromatic rings. The first kappa shape index (κ1) is 11.4. The zero-order chi connectivity index (χ0) is 9.45. The van der Waals surface area contributed by atoms with Gasteiger partial charge in [0.15, 0.2) is 0 Å². The van der Waals surface area contributed by atoms with E-state index in [0.29, 0.717) is 6.42 Å². The van der Waals surface area contributed by atoms with Crippen molar-refractivity contribution >= 4 is 10.0 Å². The van der Waals surface area contributed by atoms with Gasteiger partial charge in [0.2, 0.25) is 0 Å². The molecule has 0 atom stereocenters. The summed E-state index contributed by atoms with van der Waals surface area (Å²) >= 11 is 0. The summed E-state index contributed by atoms with van der Waals surface area (Å²) in [4.78, 5) is 0. The molecule has 4 heteroatoms. The summed E-state index contributed by atoms with van der Waals surface area (Å²) in [7, 11) is -3.20. The van der Waals surface area contributed by atoms with Crippen molar-refractivity contribution in [2.75, 3.05) is 5.75 Å². The normalized spacial score (nSPS) is 10.5. The van der Waals surface area contributed by atoms with Crippen LogP contribution in [-0.2, 0) is 10.0 Å². The zero-order valence-electron chi connectivity index (χ0n) is 7.71. The molecule has 0 bridgehead atoms. The smallest absolute Gasteiger partial charge is 0.148 e. The van der Waals surface area contributed by atoms with Gasteiger partial charge in [0, 0.05) is 0 Å². The van der Waals surface area contributed by atoms with E-state index in [2.05, 4.69) is 17.2 Å². The minimum Gasteiger partial charge on any atom is -0.148 e. The van der Waals surface area contributed by atoms with Gasteiger partial charge in [-0.15, -0.1) is 8.42 Å². The van der Waals surface area contributed by atoms with Crippen molar-refractivity contribution in [3.05, 3.63) is 4.25 Å². The highest BCUT2D eigenvalue weighted by molar-refractivity contribution is 7.93. The van der Waals surface area contributed by atoms with E-state index in [1.807, 2.05) is 0 Å². The van der Waals surface area contributed by atoms with Gasteiger partial charge in [0.1, 0.15) is 5.75 Å². The van der Waals surface area contributed by atoms with Gasteiger partial charge in [-0.2, -0.15) is 0 Å². The van der Waals surface area contributed by atoms with Crippen LogP contribution in [0.15, 0.2) is 0 Å². The lowest BCUT2D eigenvalue weighted by Gasteiger charge is -1.91. The summed E-state index contributed by atoms with van der Waals surface area (Å²) in [5.74, 6) is 0.161. The monoisotopic (exact) mass is 190 g/mol. The summed E-state index contributed by atoms with van der Waals surface area (Å²) in [5, 5.41) is 0. The molecule has 0 saturated carbocycles. The quantitative estimate of drug-likeness (QED) is 0.624. The highest BCUT2D eigenvalue weighted by atomic mass is 32.2. The second-order valence-electron chi connectivity index (χ2n) is 2.66. The standard InChI is InChI=1S/C8H16NO2S/c1-3-5-6-7-8-12(10,11)9-4-2/h3,5-8H2,1-2H3/q+1. The van der Waals surface area contributed by atoms with Gasteiger partial charge < -0.3 is 0 Å². The van der Waals surface area contributed by atoms with Crippen LogP contribution in [0.2, 0.25) is 0 Å². The minimum absolute atomic E-state index is 0.161. The van der Waals surface area contributed by atoms with Gasteiger partial charge in [0.25, 0.3) is 6.07 Å². The summed E-state index contributed by atoms with van der Waals surface area (Å²) in [5.41, 5.74) is 0. The van der Waals surface area contributed by atoms with Crippen molar-refractivity contribution in [1.82, 2.24) is 0 Å². The summed E-state index contributed by atoms with van der Waals surface area (Å²) in [6.45, 7) is 3.58. The fraction of sp³-hybridized carbons (Fsp3) is 0.875. The molecule has 0 N–H and O–H groups in total. The molecule has 0 unspecified atom stereocenters. The van der Waals surface area contributed by atoms with Crippen molar-refractivity contribution < 1.29 is 8.42 Å². The number of hydrogen-bond donors (Lipinski definition) is 0. The van der Waals surface area contributed by atoms with E-state index in [0.717, 1.165) is 19.3 Å². The molecule has 0 amide bonds. The molecule has 12 heavy (non-hydrogen) atoms. The number of rotatable bonds is 5. The molecule has 3 nitrogen and oxygen atoms in total. The van der Waals surface area contributed by atoms with E-state index in [9.17, 15) is 8.42 Å². The number of unbranched alkanes of at least 4 members (excludes halogenated alkanes) is 3. The molecule has 0 aromatic heterocycles. The largest absolute Gasteiger partial charge is 0.478 e. The van der Waals surface area contributed by atoms with Crippen LogP contribution in [0.25, 0.3) is 4.25 Å². The van der Waals surface area contributed by atoms with E-state index >= 15 is 0 Å². The highest BCUT2D eigenvalue weighted by Gasteiger charge is 2.17. The van der Waals surface area contributed by atoms with E-state index in [-0.39, 0.29) is 5.75 Å². The molecule has 0 aromatic carbocycles. The third kappa shape index (κ3) is 6.17. The van der Waals surface area contributed by atoms with Gasteiger partial charge in [-0.25, -0.2) is 0 Å². The lowest BCUT2D eigenvalue weighted by Crippen LogP contribution is -1.99. The molecule has 0 aliphatic carbocycles. The van der Waals surface area contributed by atoms with Crippen LogP contribution >= 0.6 is 0 Å². The Balaban J connectivity index is 3.68. The Labute approximate surface area is 74.7 Å². The Morgan fingerprint density at radius 2 is 1.92 bits per heavy atom. The van der Waals surface area contributed by atoms with Crippen molar-refractivity contribution in [1.29, 1.82) is 0 Å². The van der Waals surface area contributed by atoms with E-state index in [4.69, 9.17) is 0 Å². The maximum absolute atomic E-state index is 11.0. The highest BCUT2D eigenvalue weighted by Crippen LogP contribution is 2.03. The summed E-state index contributed by atoms with van der Waals surface area (Å²) in [6.07, 6.45) is 3.88. The molecular weight excluding hydrogens is 174 g/mol. The van der Waals surface area contributed by atoms with E-state index in [1.54, 1.807) is 0 Å². The van der Waals surface area contributed by atoms with Crippen LogP contribution in [0.3, 0.4) is 0 Å². The van der Waals surface area contributed by atoms with Gasteiger partial charge in [-0.1, -0.05) is 26.2 Å². The molecule has 0 spiro atoms. The molecule has 0 fully saturated rings. The van der Waals surface area contributed by atoms with Crippen LogP contribution in [-0.4, -0.2) is 14.2 Å². The zero-order valence-corrected chi connectivity index (χ0v) is 8.52. The predicted molar refractivity (Wildman–Crippen MR) is 50.8 cm³/mol. The topological polar surface area (TPSA) is 38.5 Å². The van der Waals surface area contributed by atoms with Crippen molar-refractivity contribution in [2.45, 2.75) is 39.5 Å².